The van der Waals surface area contributed by atoms with Gasteiger partial charge in [-0.2, -0.15) is 37.0 Å². The number of rotatable bonds is 3. The second-order valence-corrected chi connectivity index (χ2v) is 4.62. The van der Waals surface area contributed by atoms with Gasteiger partial charge in [0, 0.05) is 32.4 Å². The predicted octanol–water partition coefficient (Wildman–Crippen LogP) is 2.61. The van der Waals surface area contributed by atoms with Crippen molar-refractivity contribution < 1.29 is 34.7 Å². The number of hydrogen-bond donors (Lipinski definition) is 1. The second kappa shape index (κ2) is 9.70. The van der Waals surface area contributed by atoms with Crippen molar-refractivity contribution in [3.05, 3.63) is 73.4 Å². The molecule has 7 heteroatoms. The van der Waals surface area contributed by atoms with Crippen LogP contribution >= 0.6 is 0 Å². The number of ether oxygens (including phenoxy) is 1. The fourth-order valence-electron chi connectivity index (χ4n) is 1.79. The van der Waals surface area contributed by atoms with Gasteiger partial charge in [0.05, 0.1) is 7.11 Å². The minimum absolute atomic E-state index is 0. The molecular weight excluding hydrogens is 486 g/mol. The average molecular weight is 504 g/mol. The van der Waals surface area contributed by atoms with Crippen LogP contribution in [0.3, 0.4) is 0 Å². The van der Waals surface area contributed by atoms with Gasteiger partial charge in [0.15, 0.2) is 5.69 Å². The number of benzene rings is 1. The molecule has 2 aromatic rings. The molecule has 1 aliphatic heterocycles. The largest absolute Gasteiger partial charge is 0.510 e. The van der Waals surface area contributed by atoms with E-state index in [4.69, 9.17) is 9.84 Å². The van der Waals surface area contributed by atoms with Crippen LogP contribution in [0.15, 0.2) is 55.0 Å². The van der Waals surface area contributed by atoms with Crippen molar-refractivity contribution in [3.63, 3.8) is 0 Å². The van der Waals surface area contributed by atoms with E-state index in [-0.39, 0.29) is 25.8 Å². The van der Waals surface area contributed by atoms with Gasteiger partial charge in [0.2, 0.25) is 0 Å². The number of aromatic nitrogens is 1. The molecule has 1 aromatic heterocycles. The Labute approximate surface area is 154 Å². The first-order chi connectivity index (χ1) is 11.1. The van der Waals surface area contributed by atoms with E-state index in [1.54, 1.807) is 6.07 Å². The van der Waals surface area contributed by atoms with Gasteiger partial charge in [-0.3, -0.25) is 0 Å². The normalized spacial score (nSPS) is 12.1. The Morgan fingerprint density at radius 2 is 2.12 bits per heavy atom. The predicted molar refractivity (Wildman–Crippen MR) is 86.7 cm³/mol. The molecule has 1 aliphatic rings. The summed E-state index contributed by atoms with van der Waals surface area (Å²) in [6.45, 7) is 2.01. The first kappa shape index (κ1) is 19.7. The summed E-state index contributed by atoms with van der Waals surface area (Å²) in [5.74, 6) is -0.554. The first-order valence-electron chi connectivity index (χ1n) is 6.84. The summed E-state index contributed by atoms with van der Waals surface area (Å²) < 4.78 is 4.80. The number of pyridine rings is 1. The van der Waals surface area contributed by atoms with Crippen molar-refractivity contribution in [1.29, 1.82) is 0 Å². The van der Waals surface area contributed by atoms with Crippen LogP contribution < -0.4 is 9.64 Å². The molecule has 0 amide bonds. The minimum atomic E-state index is -1.05. The topological polar surface area (TPSA) is 65.9 Å². The summed E-state index contributed by atoms with van der Waals surface area (Å²) in [6.07, 6.45) is 5.40. The molecule has 1 N–H and O–H groups in total. The summed E-state index contributed by atoms with van der Waals surface area (Å²) in [4.78, 5) is 18.0. The first-order valence-corrected chi connectivity index (χ1v) is 6.84. The van der Waals surface area contributed by atoms with E-state index in [0.717, 1.165) is 5.69 Å². The molecule has 129 valence electrons. The number of para-hydroxylation sites is 1. The Bertz CT molecular complexity index is 680. The van der Waals surface area contributed by atoms with Crippen LogP contribution in [0, 0.1) is 12.7 Å². The number of nitrogens with zero attached hydrogens (tertiary/aromatic N) is 3. The van der Waals surface area contributed by atoms with Gasteiger partial charge in [-0.05, 0) is 25.5 Å². The molecule has 0 atom stereocenters. The molecule has 0 bridgehead atoms. The average Bonchev–Trinajstić information content (AvgIpc) is 3.03. The van der Waals surface area contributed by atoms with Gasteiger partial charge in [-0.25, -0.2) is 9.78 Å². The molecule has 1 aromatic carbocycles. The van der Waals surface area contributed by atoms with E-state index in [1.165, 1.54) is 19.4 Å². The number of methoxy groups -OCH3 is 1. The van der Waals surface area contributed by atoms with E-state index in [0.29, 0.717) is 5.75 Å². The molecule has 0 spiro atoms. The van der Waals surface area contributed by atoms with Crippen LogP contribution in [0.5, 0.6) is 5.75 Å². The molecule has 0 unspecified atom stereocenters. The molecule has 0 saturated carbocycles. The number of aromatic carboxylic acids is 1. The molecule has 0 saturated heterocycles. The SMILES string of the molecule is CN1C=CN(c2[c-]cccc2)[CH-]1.COc1ccnc(C(=O)O)c1.[Ir]. The van der Waals surface area contributed by atoms with Gasteiger partial charge in [-0.15, -0.1) is 5.69 Å². The van der Waals surface area contributed by atoms with Crippen molar-refractivity contribution in [2.45, 2.75) is 0 Å². The fraction of sp³-hybridized carbons (Fsp3) is 0.118. The van der Waals surface area contributed by atoms with Crippen molar-refractivity contribution in [1.82, 2.24) is 9.88 Å². The van der Waals surface area contributed by atoms with Crippen LogP contribution in [0.25, 0.3) is 0 Å². The number of anilines is 1. The zero-order chi connectivity index (χ0) is 16.7. The van der Waals surface area contributed by atoms with E-state index in [1.807, 2.05) is 60.2 Å². The molecule has 1 radical (unpaired) electrons. The van der Waals surface area contributed by atoms with Crippen LogP contribution in [0.2, 0.25) is 0 Å². The Morgan fingerprint density at radius 3 is 2.67 bits per heavy atom. The summed E-state index contributed by atoms with van der Waals surface area (Å²) >= 11 is 0. The Hall–Kier alpha value is -2.37. The summed E-state index contributed by atoms with van der Waals surface area (Å²) in [5.41, 5.74) is 1.06. The van der Waals surface area contributed by atoms with Gasteiger partial charge in [0.1, 0.15) is 5.75 Å². The van der Waals surface area contributed by atoms with Crippen molar-refractivity contribution >= 4 is 11.7 Å². The monoisotopic (exact) mass is 504 g/mol. The van der Waals surface area contributed by atoms with E-state index < -0.39 is 5.97 Å². The Morgan fingerprint density at radius 1 is 1.33 bits per heavy atom. The maximum Gasteiger partial charge on any atom is 0.354 e. The minimum Gasteiger partial charge on any atom is -0.510 e. The van der Waals surface area contributed by atoms with E-state index >= 15 is 0 Å². The fourth-order valence-corrected chi connectivity index (χ4v) is 1.79. The third kappa shape index (κ3) is 5.68. The Balaban J connectivity index is 0.000000232. The number of carboxylic acids is 1. The van der Waals surface area contributed by atoms with Crippen molar-refractivity contribution in [2.24, 2.45) is 0 Å². The summed E-state index contributed by atoms with van der Waals surface area (Å²) in [7, 11) is 3.47. The molecule has 6 nitrogen and oxygen atoms in total. The summed E-state index contributed by atoms with van der Waals surface area (Å²) in [6, 6.07) is 14.0. The number of hydrogen-bond acceptors (Lipinski definition) is 5. The zero-order valence-corrected chi connectivity index (χ0v) is 15.6. The third-order valence-corrected chi connectivity index (χ3v) is 2.93. The van der Waals surface area contributed by atoms with E-state index in [9.17, 15) is 4.79 Å². The second-order valence-electron chi connectivity index (χ2n) is 4.62. The van der Waals surface area contributed by atoms with Gasteiger partial charge in [0.25, 0.3) is 0 Å². The van der Waals surface area contributed by atoms with Gasteiger partial charge >= 0.3 is 5.97 Å². The maximum atomic E-state index is 10.4. The zero-order valence-electron chi connectivity index (χ0n) is 13.2. The van der Waals surface area contributed by atoms with Gasteiger partial charge < -0.3 is 19.6 Å². The molecule has 0 fully saturated rings. The maximum absolute atomic E-state index is 10.4. The molecule has 24 heavy (non-hydrogen) atoms. The molecule has 0 aliphatic carbocycles. The molecule has 2 heterocycles. The quantitative estimate of drug-likeness (QED) is 0.650. The van der Waals surface area contributed by atoms with Gasteiger partial charge in [-0.1, -0.05) is 0 Å². The summed E-state index contributed by atoms with van der Waals surface area (Å²) in [5, 5.41) is 8.49. The standard InChI is InChI=1S/C10H10N2.C7H7NO3.Ir/c1-11-7-8-12(9-11)10-5-3-2-4-6-10;1-11-5-2-3-8-6(4-5)7(9)10;/h2-5,7-9H,1H3;2-4H,1H3,(H,9,10);/q-2;;. The van der Waals surface area contributed by atoms with E-state index in [2.05, 4.69) is 11.1 Å². The third-order valence-electron chi connectivity index (χ3n) is 2.93. The molecular formula is C17H17IrN3O3-2. The number of carboxylic acid groups (broad SMARTS) is 1. The van der Waals surface area contributed by atoms with Crippen LogP contribution in [-0.4, -0.2) is 35.1 Å². The van der Waals surface area contributed by atoms with Crippen LogP contribution in [0.4, 0.5) is 5.69 Å². The Kier molecular flexibility index (Phi) is 7.95. The smallest absolute Gasteiger partial charge is 0.354 e. The number of carbonyl (C=O) groups is 1. The van der Waals surface area contributed by atoms with Crippen molar-refractivity contribution in [2.75, 3.05) is 19.1 Å². The molecule has 3 rings (SSSR count). The van der Waals surface area contributed by atoms with Crippen LogP contribution in [0.1, 0.15) is 10.5 Å². The van der Waals surface area contributed by atoms with Crippen molar-refractivity contribution in [3.8, 4) is 5.75 Å². The van der Waals surface area contributed by atoms with Crippen LogP contribution in [-0.2, 0) is 20.1 Å².